The number of aliphatic hydroxyl groups is 1. The molecule has 3 rings (SSSR count). The van der Waals surface area contributed by atoms with Crippen LogP contribution in [0.5, 0.6) is 0 Å². The number of hydrogen-bond acceptors (Lipinski definition) is 4. The standard InChI is InChI=1S/C28H41NO4Si/c1-21(25-19-29(18-22(25)20-30)26(31)32-27(2,3)4)33-34(28(5,6)7,23-14-10-8-11-15-23)24-16-12-9-13-17-24/h8-17,21-22,25,30H,18-20H2,1-7H3/t21-,22+,25+/m0/s1. The normalized spacial score (nSPS) is 20.3. The van der Waals surface area contributed by atoms with Crippen LogP contribution in [0.15, 0.2) is 60.7 Å². The fourth-order valence-corrected chi connectivity index (χ4v) is 9.90. The lowest BCUT2D eigenvalue weighted by molar-refractivity contribution is 0.0274. The molecule has 1 fully saturated rings. The van der Waals surface area contributed by atoms with E-state index in [2.05, 4.69) is 76.2 Å². The lowest BCUT2D eigenvalue weighted by atomic mass is 9.92. The lowest BCUT2D eigenvalue weighted by Gasteiger charge is -2.46. The van der Waals surface area contributed by atoms with Crippen LogP contribution in [-0.2, 0) is 9.16 Å². The topological polar surface area (TPSA) is 59.0 Å². The van der Waals surface area contributed by atoms with Crippen molar-refractivity contribution in [3.63, 3.8) is 0 Å². The smallest absolute Gasteiger partial charge is 0.410 e. The van der Waals surface area contributed by atoms with E-state index in [1.165, 1.54) is 10.4 Å². The molecule has 2 aromatic carbocycles. The van der Waals surface area contributed by atoms with Crippen molar-refractivity contribution in [2.45, 2.75) is 65.2 Å². The zero-order chi connectivity index (χ0) is 25.1. The Morgan fingerprint density at radius 1 is 0.971 bits per heavy atom. The van der Waals surface area contributed by atoms with Crippen molar-refractivity contribution >= 4 is 24.8 Å². The lowest BCUT2D eigenvalue weighted by Crippen LogP contribution is -2.68. The first-order valence-electron chi connectivity index (χ1n) is 12.3. The van der Waals surface area contributed by atoms with Crippen molar-refractivity contribution in [2.75, 3.05) is 19.7 Å². The molecule has 1 aliphatic heterocycles. The molecule has 2 aromatic rings. The van der Waals surface area contributed by atoms with Crippen LogP contribution in [0.2, 0.25) is 5.04 Å². The van der Waals surface area contributed by atoms with E-state index in [0.29, 0.717) is 13.1 Å². The van der Waals surface area contributed by atoms with Crippen molar-refractivity contribution in [1.82, 2.24) is 4.90 Å². The number of hydrogen-bond donors (Lipinski definition) is 1. The van der Waals surface area contributed by atoms with Gasteiger partial charge in [0.15, 0.2) is 0 Å². The minimum Gasteiger partial charge on any atom is -0.444 e. The van der Waals surface area contributed by atoms with E-state index >= 15 is 0 Å². The minimum atomic E-state index is -2.73. The second-order valence-electron chi connectivity index (χ2n) is 11.5. The summed E-state index contributed by atoms with van der Waals surface area (Å²) >= 11 is 0. The molecule has 0 aliphatic carbocycles. The molecule has 3 atom stereocenters. The molecule has 0 radical (unpaired) electrons. The Kier molecular flexibility index (Phi) is 7.95. The maximum Gasteiger partial charge on any atom is 0.410 e. The third-order valence-corrected chi connectivity index (χ3v) is 11.9. The average Bonchev–Trinajstić information content (AvgIpc) is 3.21. The summed E-state index contributed by atoms with van der Waals surface area (Å²) in [6.07, 6.45) is -0.484. The SMILES string of the molecule is C[C@H](O[Si](c1ccccc1)(c1ccccc1)C(C)(C)C)[C@H]1CN(C(=O)OC(C)(C)C)C[C@@H]1CO. The third kappa shape index (κ3) is 5.56. The van der Waals surface area contributed by atoms with Gasteiger partial charge in [0.1, 0.15) is 5.60 Å². The Balaban J connectivity index is 1.97. The summed E-state index contributed by atoms with van der Waals surface area (Å²) in [5.74, 6) is -0.0418. The maximum absolute atomic E-state index is 12.8. The predicted molar refractivity (Wildman–Crippen MR) is 140 cm³/mol. The second kappa shape index (κ2) is 10.2. The molecule has 1 aliphatic rings. The first-order valence-corrected chi connectivity index (χ1v) is 14.2. The number of carbonyl (C=O) groups is 1. The fraction of sp³-hybridized carbons (Fsp3) is 0.536. The predicted octanol–water partition coefficient (Wildman–Crippen LogP) is 4.43. The number of amides is 1. The summed E-state index contributed by atoms with van der Waals surface area (Å²) in [4.78, 5) is 14.5. The number of ether oxygens (including phenoxy) is 1. The first kappa shape index (κ1) is 26.5. The Morgan fingerprint density at radius 3 is 1.88 bits per heavy atom. The molecule has 1 N–H and O–H groups in total. The molecular weight excluding hydrogens is 442 g/mol. The zero-order valence-corrected chi connectivity index (χ0v) is 22.7. The number of nitrogens with zero attached hydrogens (tertiary/aromatic N) is 1. The summed E-state index contributed by atoms with van der Waals surface area (Å²) < 4.78 is 12.9. The summed E-state index contributed by atoms with van der Waals surface area (Å²) in [7, 11) is -2.73. The van der Waals surface area contributed by atoms with Gasteiger partial charge >= 0.3 is 6.09 Å². The van der Waals surface area contributed by atoms with E-state index in [4.69, 9.17) is 9.16 Å². The van der Waals surface area contributed by atoms with Crippen LogP contribution < -0.4 is 10.4 Å². The molecule has 34 heavy (non-hydrogen) atoms. The largest absolute Gasteiger partial charge is 0.444 e. The van der Waals surface area contributed by atoms with Gasteiger partial charge in [-0.25, -0.2) is 4.79 Å². The van der Waals surface area contributed by atoms with E-state index in [1.54, 1.807) is 4.90 Å². The third-order valence-electron chi connectivity index (χ3n) is 6.76. The molecule has 1 heterocycles. The number of aliphatic hydroxyl groups excluding tert-OH is 1. The zero-order valence-electron chi connectivity index (χ0n) is 21.7. The van der Waals surface area contributed by atoms with Gasteiger partial charge in [-0.15, -0.1) is 0 Å². The van der Waals surface area contributed by atoms with Crippen LogP contribution in [0.3, 0.4) is 0 Å². The van der Waals surface area contributed by atoms with Crippen LogP contribution in [-0.4, -0.2) is 55.8 Å². The van der Waals surface area contributed by atoms with Crippen molar-refractivity contribution in [2.24, 2.45) is 11.8 Å². The molecule has 6 heteroatoms. The molecular formula is C28H41NO4Si. The molecule has 0 saturated carbocycles. The molecule has 1 amide bonds. The Morgan fingerprint density at radius 2 is 1.47 bits per heavy atom. The maximum atomic E-state index is 12.8. The summed E-state index contributed by atoms with van der Waals surface area (Å²) in [6, 6.07) is 21.1. The molecule has 0 aromatic heterocycles. The number of benzene rings is 2. The van der Waals surface area contributed by atoms with Gasteiger partial charge < -0.3 is 19.2 Å². The van der Waals surface area contributed by atoms with Gasteiger partial charge in [0.25, 0.3) is 8.32 Å². The van der Waals surface area contributed by atoms with Gasteiger partial charge in [-0.3, -0.25) is 0 Å². The molecule has 1 saturated heterocycles. The first-order chi connectivity index (χ1) is 15.9. The number of rotatable bonds is 6. The van der Waals surface area contributed by atoms with Crippen molar-refractivity contribution in [1.29, 1.82) is 0 Å². The second-order valence-corrected chi connectivity index (χ2v) is 15.7. The van der Waals surface area contributed by atoms with Crippen molar-refractivity contribution in [3.05, 3.63) is 60.7 Å². The van der Waals surface area contributed by atoms with E-state index in [-0.39, 0.29) is 35.7 Å². The Labute approximate surface area is 206 Å². The highest BCUT2D eigenvalue weighted by Gasteiger charge is 2.52. The van der Waals surface area contributed by atoms with Crippen LogP contribution in [0, 0.1) is 11.8 Å². The van der Waals surface area contributed by atoms with Gasteiger partial charge in [-0.2, -0.15) is 0 Å². The van der Waals surface area contributed by atoms with Gasteiger partial charge in [-0.1, -0.05) is 81.4 Å². The molecule has 0 bridgehead atoms. The fourth-order valence-electron chi connectivity index (χ4n) is 5.15. The van der Waals surface area contributed by atoms with Gasteiger partial charge in [0.05, 0.1) is 0 Å². The van der Waals surface area contributed by atoms with Gasteiger partial charge in [0.2, 0.25) is 0 Å². The molecule has 5 nitrogen and oxygen atoms in total. The highest BCUT2D eigenvalue weighted by atomic mass is 28.4. The van der Waals surface area contributed by atoms with Crippen molar-refractivity contribution in [3.8, 4) is 0 Å². The van der Waals surface area contributed by atoms with E-state index in [0.717, 1.165) is 0 Å². The summed E-state index contributed by atoms with van der Waals surface area (Å²) in [5, 5.41) is 12.5. The van der Waals surface area contributed by atoms with E-state index in [1.807, 2.05) is 32.9 Å². The quantitative estimate of drug-likeness (QED) is 0.618. The molecule has 0 unspecified atom stereocenters. The van der Waals surface area contributed by atoms with Crippen LogP contribution in [0.4, 0.5) is 4.79 Å². The van der Waals surface area contributed by atoms with Gasteiger partial charge in [0, 0.05) is 37.6 Å². The van der Waals surface area contributed by atoms with Crippen LogP contribution >= 0.6 is 0 Å². The summed E-state index contributed by atoms with van der Waals surface area (Å²) in [6.45, 7) is 15.5. The highest BCUT2D eigenvalue weighted by Crippen LogP contribution is 2.40. The van der Waals surface area contributed by atoms with E-state index < -0.39 is 13.9 Å². The monoisotopic (exact) mass is 483 g/mol. The van der Waals surface area contributed by atoms with Crippen LogP contribution in [0.25, 0.3) is 0 Å². The molecule has 186 valence electrons. The summed E-state index contributed by atoms with van der Waals surface area (Å²) in [5.41, 5.74) is -0.555. The van der Waals surface area contributed by atoms with E-state index in [9.17, 15) is 9.90 Å². The van der Waals surface area contributed by atoms with Gasteiger partial charge in [-0.05, 0) is 43.1 Å². The Hall–Kier alpha value is -2.15. The average molecular weight is 484 g/mol. The van der Waals surface area contributed by atoms with Crippen molar-refractivity contribution < 1.29 is 19.1 Å². The van der Waals surface area contributed by atoms with Crippen LogP contribution in [0.1, 0.15) is 48.5 Å². The Bertz CT molecular complexity index is 897. The molecule has 0 spiro atoms. The highest BCUT2D eigenvalue weighted by molar-refractivity contribution is 6.99. The minimum absolute atomic E-state index is 0.0123. The number of likely N-dealkylation sites (tertiary alicyclic amines) is 1. The number of carbonyl (C=O) groups excluding carboxylic acids is 1.